The summed E-state index contributed by atoms with van der Waals surface area (Å²) in [5.74, 6) is 0.0453. The molecule has 1 amide bonds. The number of hydrogen-bond donors (Lipinski definition) is 2. The van der Waals surface area contributed by atoms with Crippen LogP contribution in [0, 0.1) is 0 Å². The normalized spacial score (nSPS) is 23.0. The van der Waals surface area contributed by atoms with E-state index in [1.165, 1.54) is 5.56 Å². The van der Waals surface area contributed by atoms with E-state index < -0.39 is 0 Å². The van der Waals surface area contributed by atoms with Crippen molar-refractivity contribution in [3.05, 3.63) is 35.9 Å². The van der Waals surface area contributed by atoms with E-state index in [9.17, 15) is 4.79 Å². The summed E-state index contributed by atoms with van der Waals surface area (Å²) in [4.78, 5) is 13.5. The summed E-state index contributed by atoms with van der Waals surface area (Å²) in [6.07, 6.45) is 0.996. The average molecular weight is 261 g/mol. The van der Waals surface area contributed by atoms with Crippen molar-refractivity contribution < 1.29 is 4.79 Å². The van der Waals surface area contributed by atoms with Gasteiger partial charge in [-0.05, 0) is 18.9 Å². The zero-order chi connectivity index (χ0) is 13.8. The summed E-state index contributed by atoms with van der Waals surface area (Å²) in [6, 6.07) is 10.9. The van der Waals surface area contributed by atoms with Crippen LogP contribution in [-0.2, 0) is 4.79 Å². The van der Waals surface area contributed by atoms with E-state index in [2.05, 4.69) is 22.3 Å². The molecule has 0 radical (unpaired) electrons. The molecule has 0 saturated carbocycles. The Hall–Kier alpha value is -1.39. The van der Waals surface area contributed by atoms with Crippen LogP contribution >= 0.6 is 0 Å². The SMILES string of the molecule is CC(=O)NC1CCN(C(c2ccccc2)C(C)N)C1. The van der Waals surface area contributed by atoms with Gasteiger partial charge in [0.05, 0.1) is 0 Å². The molecule has 4 nitrogen and oxygen atoms in total. The van der Waals surface area contributed by atoms with Crippen LogP contribution in [0.4, 0.5) is 0 Å². The van der Waals surface area contributed by atoms with Gasteiger partial charge in [-0.2, -0.15) is 0 Å². The topological polar surface area (TPSA) is 58.4 Å². The minimum Gasteiger partial charge on any atom is -0.352 e. The molecule has 0 aromatic heterocycles. The number of nitrogens with zero attached hydrogens (tertiary/aromatic N) is 1. The summed E-state index contributed by atoms with van der Waals surface area (Å²) in [6.45, 7) is 5.47. The van der Waals surface area contributed by atoms with Crippen molar-refractivity contribution in [3.63, 3.8) is 0 Å². The largest absolute Gasteiger partial charge is 0.352 e. The molecule has 1 aliphatic rings. The van der Waals surface area contributed by atoms with Gasteiger partial charge in [0, 0.05) is 38.1 Å². The van der Waals surface area contributed by atoms with Crippen molar-refractivity contribution in [1.82, 2.24) is 10.2 Å². The average Bonchev–Trinajstić information content (AvgIpc) is 2.77. The molecular weight excluding hydrogens is 238 g/mol. The second-order valence-corrected chi connectivity index (χ2v) is 5.40. The maximum absolute atomic E-state index is 11.1. The first-order valence-corrected chi connectivity index (χ1v) is 6.89. The van der Waals surface area contributed by atoms with Crippen molar-refractivity contribution in [3.8, 4) is 0 Å². The Morgan fingerprint density at radius 2 is 2.11 bits per heavy atom. The first kappa shape index (κ1) is 14.0. The van der Waals surface area contributed by atoms with E-state index in [-0.39, 0.29) is 24.0 Å². The Balaban J connectivity index is 2.08. The lowest BCUT2D eigenvalue weighted by Gasteiger charge is -2.31. The maximum Gasteiger partial charge on any atom is 0.217 e. The molecule has 0 spiro atoms. The molecule has 3 atom stereocenters. The van der Waals surface area contributed by atoms with Gasteiger partial charge >= 0.3 is 0 Å². The molecule has 2 rings (SSSR count). The van der Waals surface area contributed by atoms with E-state index >= 15 is 0 Å². The molecule has 0 aliphatic carbocycles. The molecule has 1 aliphatic heterocycles. The Kier molecular flexibility index (Phi) is 4.56. The molecule has 3 unspecified atom stereocenters. The number of nitrogens with two attached hydrogens (primary N) is 1. The van der Waals surface area contributed by atoms with Crippen LogP contribution in [0.1, 0.15) is 31.9 Å². The van der Waals surface area contributed by atoms with Crippen LogP contribution in [0.25, 0.3) is 0 Å². The van der Waals surface area contributed by atoms with Gasteiger partial charge in [-0.15, -0.1) is 0 Å². The molecule has 1 heterocycles. The van der Waals surface area contributed by atoms with Gasteiger partial charge in [-0.25, -0.2) is 0 Å². The molecule has 0 bridgehead atoms. The number of rotatable bonds is 4. The molecule has 19 heavy (non-hydrogen) atoms. The zero-order valence-electron chi connectivity index (χ0n) is 11.7. The van der Waals surface area contributed by atoms with Crippen LogP contribution < -0.4 is 11.1 Å². The molecular formula is C15H23N3O. The molecule has 1 fully saturated rings. The molecule has 1 saturated heterocycles. The lowest BCUT2D eigenvalue weighted by Crippen LogP contribution is -2.41. The van der Waals surface area contributed by atoms with Crippen molar-refractivity contribution in [2.45, 2.75) is 38.4 Å². The maximum atomic E-state index is 11.1. The minimum absolute atomic E-state index is 0.0453. The Morgan fingerprint density at radius 1 is 1.42 bits per heavy atom. The van der Waals surface area contributed by atoms with Gasteiger partial charge in [-0.1, -0.05) is 30.3 Å². The number of amides is 1. The van der Waals surface area contributed by atoms with Gasteiger partial charge in [0.25, 0.3) is 0 Å². The molecule has 1 aromatic rings. The monoisotopic (exact) mass is 261 g/mol. The lowest BCUT2D eigenvalue weighted by molar-refractivity contribution is -0.119. The third-order valence-corrected chi connectivity index (χ3v) is 3.66. The quantitative estimate of drug-likeness (QED) is 0.858. The number of nitrogens with one attached hydrogen (secondary N) is 1. The molecule has 1 aromatic carbocycles. The lowest BCUT2D eigenvalue weighted by atomic mass is 10.00. The summed E-state index contributed by atoms with van der Waals surface area (Å²) in [5.41, 5.74) is 7.42. The van der Waals surface area contributed by atoms with Crippen LogP contribution in [0.3, 0.4) is 0 Å². The van der Waals surface area contributed by atoms with Crippen molar-refractivity contribution in [1.29, 1.82) is 0 Å². The standard InChI is InChI=1S/C15H23N3O/c1-11(16)15(13-6-4-3-5-7-13)18-9-8-14(10-18)17-12(2)19/h3-7,11,14-15H,8-10,16H2,1-2H3,(H,17,19). The van der Waals surface area contributed by atoms with Crippen LogP contribution in [0.5, 0.6) is 0 Å². The summed E-state index contributed by atoms with van der Waals surface area (Å²) in [7, 11) is 0. The first-order chi connectivity index (χ1) is 9.08. The highest BCUT2D eigenvalue weighted by Gasteiger charge is 2.31. The van der Waals surface area contributed by atoms with Crippen LogP contribution in [-0.4, -0.2) is 36.0 Å². The zero-order valence-corrected chi connectivity index (χ0v) is 11.7. The van der Waals surface area contributed by atoms with Crippen LogP contribution in [0.2, 0.25) is 0 Å². The van der Waals surface area contributed by atoms with E-state index in [0.717, 1.165) is 19.5 Å². The first-order valence-electron chi connectivity index (χ1n) is 6.89. The fourth-order valence-corrected chi connectivity index (χ4v) is 2.94. The highest BCUT2D eigenvalue weighted by molar-refractivity contribution is 5.73. The second-order valence-electron chi connectivity index (χ2n) is 5.40. The van der Waals surface area contributed by atoms with Crippen molar-refractivity contribution in [2.75, 3.05) is 13.1 Å². The van der Waals surface area contributed by atoms with E-state index in [4.69, 9.17) is 5.73 Å². The number of benzene rings is 1. The molecule has 4 heteroatoms. The van der Waals surface area contributed by atoms with Crippen LogP contribution in [0.15, 0.2) is 30.3 Å². The Morgan fingerprint density at radius 3 is 2.68 bits per heavy atom. The van der Waals surface area contributed by atoms with Gasteiger partial charge in [-0.3, -0.25) is 9.69 Å². The Labute approximate surface area is 115 Å². The van der Waals surface area contributed by atoms with Gasteiger partial charge < -0.3 is 11.1 Å². The van der Waals surface area contributed by atoms with Gasteiger partial charge in [0.2, 0.25) is 5.91 Å². The predicted molar refractivity (Wildman–Crippen MR) is 76.6 cm³/mol. The number of likely N-dealkylation sites (tertiary alicyclic amines) is 1. The third kappa shape index (κ3) is 3.55. The summed E-state index contributed by atoms with van der Waals surface area (Å²) < 4.78 is 0. The molecule has 104 valence electrons. The summed E-state index contributed by atoms with van der Waals surface area (Å²) in [5, 5.41) is 3.00. The molecule has 3 N–H and O–H groups in total. The van der Waals surface area contributed by atoms with E-state index in [1.54, 1.807) is 6.92 Å². The minimum atomic E-state index is 0.0453. The van der Waals surface area contributed by atoms with Crippen molar-refractivity contribution >= 4 is 5.91 Å². The van der Waals surface area contributed by atoms with E-state index in [0.29, 0.717) is 0 Å². The predicted octanol–water partition coefficient (Wildman–Crippen LogP) is 1.29. The summed E-state index contributed by atoms with van der Waals surface area (Å²) >= 11 is 0. The number of carbonyl (C=O) groups is 1. The van der Waals surface area contributed by atoms with Gasteiger partial charge in [0.15, 0.2) is 0 Å². The number of hydrogen-bond acceptors (Lipinski definition) is 3. The highest BCUT2D eigenvalue weighted by Crippen LogP contribution is 2.27. The highest BCUT2D eigenvalue weighted by atomic mass is 16.1. The fourth-order valence-electron chi connectivity index (χ4n) is 2.94. The fraction of sp³-hybridized carbons (Fsp3) is 0.533. The van der Waals surface area contributed by atoms with E-state index in [1.807, 2.05) is 25.1 Å². The third-order valence-electron chi connectivity index (χ3n) is 3.66. The second kappa shape index (κ2) is 6.17. The van der Waals surface area contributed by atoms with Gasteiger partial charge in [0.1, 0.15) is 0 Å². The van der Waals surface area contributed by atoms with Crippen molar-refractivity contribution in [2.24, 2.45) is 5.73 Å². The smallest absolute Gasteiger partial charge is 0.217 e. The number of carbonyl (C=O) groups excluding carboxylic acids is 1. The Bertz CT molecular complexity index is 419.